The van der Waals surface area contributed by atoms with Crippen LogP contribution in [0.3, 0.4) is 0 Å². The number of nitrogens with one attached hydrogen (secondary N) is 1. The van der Waals surface area contributed by atoms with Crippen molar-refractivity contribution in [3.05, 3.63) is 52.5 Å². The number of carbonyl (C=O) groups is 1. The number of methoxy groups -OCH3 is 1. The predicted molar refractivity (Wildman–Crippen MR) is 83.6 cm³/mol. The molecule has 0 radical (unpaired) electrons. The largest absolute Gasteiger partial charge is 0.495 e. The Labute approximate surface area is 128 Å². The van der Waals surface area contributed by atoms with E-state index in [-0.39, 0.29) is 0 Å². The quantitative estimate of drug-likeness (QED) is 0.903. The van der Waals surface area contributed by atoms with Crippen LogP contribution in [0.25, 0.3) is 0 Å². The van der Waals surface area contributed by atoms with Gasteiger partial charge in [0.25, 0.3) is 0 Å². The third-order valence-corrected chi connectivity index (χ3v) is 3.38. The first-order chi connectivity index (χ1) is 9.99. The van der Waals surface area contributed by atoms with Gasteiger partial charge in [-0.3, -0.25) is 5.32 Å². The van der Waals surface area contributed by atoms with Crippen molar-refractivity contribution in [2.75, 3.05) is 12.4 Å². The lowest BCUT2D eigenvalue weighted by Crippen LogP contribution is -2.16. The first-order valence-corrected chi connectivity index (χ1v) is 6.77. The predicted octanol–water partition coefficient (Wildman–Crippen LogP) is 4.58. The Balaban J connectivity index is 2.04. The third kappa shape index (κ3) is 3.89. The molecule has 0 unspecified atom stereocenters. The summed E-state index contributed by atoms with van der Waals surface area (Å²) in [5, 5.41) is 3.03. The smallest absolute Gasteiger partial charge is 0.417 e. The first kappa shape index (κ1) is 15.2. The normalized spacial score (nSPS) is 10.1. The van der Waals surface area contributed by atoms with Crippen LogP contribution in [0.5, 0.6) is 11.5 Å². The van der Waals surface area contributed by atoms with Gasteiger partial charge in [0.2, 0.25) is 0 Å². The highest BCUT2D eigenvalue weighted by Crippen LogP contribution is 2.27. The molecule has 0 fully saturated rings. The number of rotatable bonds is 3. The Kier molecular flexibility index (Phi) is 4.70. The molecule has 0 aromatic heterocycles. The lowest BCUT2D eigenvalue weighted by atomic mass is 10.1. The van der Waals surface area contributed by atoms with Gasteiger partial charge in [0.05, 0.1) is 12.1 Å². The Bertz CT molecular complexity index is 671. The number of benzene rings is 2. The molecular formula is C16H16ClNO3. The minimum Gasteiger partial charge on any atom is -0.495 e. The molecule has 4 nitrogen and oxygen atoms in total. The fraction of sp³-hybridized carbons (Fsp3) is 0.188. The van der Waals surface area contributed by atoms with Crippen LogP contribution in [-0.4, -0.2) is 13.2 Å². The molecule has 0 bridgehead atoms. The maximum Gasteiger partial charge on any atom is 0.417 e. The van der Waals surface area contributed by atoms with Crippen molar-refractivity contribution in [3.63, 3.8) is 0 Å². The molecule has 1 N–H and O–H groups in total. The van der Waals surface area contributed by atoms with Crippen LogP contribution in [0.1, 0.15) is 11.1 Å². The molecule has 21 heavy (non-hydrogen) atoms. The van der Waals surface area contributed by atoms with Gasteiger partial charge in [-0.15, -0.1) is 0 Å². The van der Waals surface area contributed by atoms with Crippen LogP contribution in [0.15, 0.2) is 36.4 Å². The van der Waals surface area contributed by atoms with Crippen molar-refractivity contribution in [1.29, 1.82) is 0 Å². The van der Waals surface area contributed by atoms with E-state index >= 15 is 0 Å². The minimum absolute atomic E-state index is 0.418. The average molecular weight is 306 g/mol. The highest BCUT2D eigenvalue weighted by molar-refractivity contribution is 6.32. The Morgan fingerprint density at radius 3 is 2.48 bits per heavy atom. The van der Waals surface area contributed by atoms with Crippen molar-refractivity contribution in [2.24, 2.45) is 0 Å². The van der Waals surface area contributed by atoms with E-state index in [1.54, 1.807) is 24.3 Å². The second-order valence-corrected chi connectivity index (χ2v) is 5.02. The molecule has 0 aliphatic carbocycles. The molecule has 2 rings (SSSR count). The fourth-order valence-corrected chi connectivity index (χ4v) is 2.03. The number of aryl methyl sites for hydroxylation is 2. The van der Waals surface area contributed by atoms with E-state index in [1.807, 2.05) is 26.0 Å². The lowest BCUT2D eigenvalue weighted by molar-refractivity contribution is 0.215. The van der Waals surface area contributed by atoms with E-state index in [2.05, 4.69) is 5.32 Å². The molecule has 110 valence electrons. The number of hydrogen-bond donors (Lipinski definition) is 1. The molecule has 0 saturated carbocycles. The van der Waals surface area contributed by atoms with E-state index in [9.17, 15) is 4.79 Å². The van der Waals surface area contributed by atoms with Gasteiger partial charge in [-0.2, -0.15) is 0 Å². The average Bonchev–Trinajstić information content (AvgIpc) is 2.43. The summed E-state index contributed by atoms with van der Waals surface area (Å²) in [7, 11) is 1.53. The van der Waals surface area contributed by atoms with Crippen molar-refractivity contribution in [2.45, 2.75) is 13.8 Å². The Morgan fingerprint density at radius 2 is 1.86 bits per heavy atom. The molecule has 0 aliphatic rings. The fourth-order valence-electron chi connectivity index (χ4n) is 1.77. The highest BCUT2D eigenvalue weighted by Gasteiger charge is 2.08. The summed E-state index contributed by atoms with van der Waals surface area (Å²) in [6.45, 7) is 3.96. The summed E-state index contributed by atoms with van der Waals surface area (Å²) in [5.74, 6) is 1.04. The molecule has 0 atom stereocenters. The number of halogens is 1. The van der Waals surface area contributed by atoms with Gasteiger partial charge in [-0.1, -0.05) is 17.7 Å². The number of anilines is 1. The van der Waals surface area contributed by atoms with Crippen LogP contribution in [0, 0.1) is 13.8 Å². The monoisotopic (exact) mass is 305 g/mol. The van der Waals surface area contributed by atoms with Crippen molar-refractivity contribution < 1.29 is 14.3 Å². The second kappa shape index (κ2) is 6.50. The Morgan fingerprint density at radius 1 is 1.10 bits per heavy atom. The molecule has 0 aliphatic heterocycles. The first-order valence-electron chi connectivity index (χ1n) is 6.39. The Hall–Kier alpha value is -2.20. The number of amides is 1. The molecule has 0 saturated heterocycles. The number of ether oxygens (including phenoxy) is 2. The summed E-state index contributed by atoms with van der Waals surface area (Å²) < 4.78 is 10.3. The van der Waals surface area contributed by atoms with Gasteiger partial charge in [-0.05, 0) is 55.3 Å². The zero-order chi connectivity index (χ0) is 15.4. The van der Waals surface area contributed by atoms with Gasteiger partial charge < -0.3 is 9.47 Å². The molecule has 0 spiro atoms. The van der Waals surface area contributed by atoms with Gasteiger partial charge in [-0.25, -0.2) is 4.79 Å². The standard InChI is InChI=1S/C16H16ClNO3/c1-10-4-6-13(8-11(10)2)21-16(19)18-12-5-7-15(20-3)14(17)9-12/h4-9H,1-3H3,(H,18,19). The molecule has 0 heterocycles. The van der Waals surface area contributed by atoms with Crippen LogP contribution < -0.4 is 14.8 Å². The molecular weight excluding hydrogens is 290 g/mol. The van der Waals surface area contributed by atoms with E-state index in [0.29, 0.717) is 22.2 Å². The number of carbonyl (C=O) groups excluding carboxylic acids is 1. The second-order valence-electron chi connectivity index (χ2n) is 4.61. The van der Waals surface area contributed by atoms with E-state index in [4.69, 9.17) is 21.1 Å². The lowest BCUT2D eigenvalue weighted by Gasteiger charge is -2.09. The zero-order valence-corrected chi connectivity index (χ0v) is 12.8. The highest BCUT2D eigenvalue weighted by atomic mass is 35.5. The molecule has 2 aromatic rings. The van der Waals surface area contributed by atoms with Gasteiger partial charge in [0.15, 0.2) is 0 Å². The summed E-state index contributed by atoms with van der Waals surface area (Å²) >= 11 is 5.99. The van der Waals surface area contributed by atoms with Crippen LogP contribution in [0.4, 0.5) is 10.5 Å². The summed E-state index contributed by atoms with van der Waals surface area (Å²) in [6, 6.07) is 10.4. The molecule has 1 amide bonds. The van der Waals surface area contributed by atoms with Crippen molar-refractivity contribution >= 4 is 23.4 Å². The zero-order valence-electron chi connectivity index (χ0n) is 12.1. The van der Waals surface area contributed by atoms with E-state index in [1.165, 1.54) is 7.11 Å². The SMILES string of the molecule is COc1ccc(NC(=O)Oc2ccc(C)c(C)c2)cc1Cl. The van der Waals surface area contributed by atoms with E-state index < -0.39 is 6.09 Å². The maximum atomic E-state index is 11.8. The topological polar surface area (TPSA) is 47.6 Å². The van der Waals surface area contributed by atoms with Gasteiger partial charge in [0.1, 0.15) is 11.5 Å². The van der Waals surface area contributed by atoms with E-state index in [0.717, 1.165) is 11.1 Å². The van der Waals surface area contributed by atoms with Crippen LogP contribution in [-0.2, 0) is 0 Å². The van der Waals surface area contributed by atoms with Gasteiger partial charge >= 0.3 is 6.09 Å². The van der Waals surface area contributed by atoms with Crippen LogP contribution >= 0.6 is 11.6 Å². The summed E-state index contributed by atoms with van der Waals surface area (Å²) in [6.07, 6.45) is -0.570. The maximum absolute atomic E-state index is 11.8. The van der Waals surface area contributed by atoms with Crippen molar-refractivity contribution in [3.8, 4) is 11.5 Å². The summed E-state index contributed by atoms with van der Waals surface area (Å²) in [5.41, 5.74) is 2.74. The summed E-state index contributed by atoms with van der Waals surface area (Å²) in [4.78, 5) is 11.8. The minimum atomic E-state index is -0.570. The number of hydrogen-bond acceptors (Lipinski definition) is 3. The van der Waals surface area contributed by atoms with Crippen LogP contribution in [0.2, 0.25) is 5.02 Å². The molecule has 2 aromatic carbocycles. The van der Waals surface area contributed by atoms with Crippen molar-refractivity contribution in [1.82, 2.24) is 0 Å². The van der Waals surface area contributed by atoms with Gasteiger partial charge in [0, 0.05) is 5.69 Å². The third-order valence-electron chi connectivity index (χ3n) is 3.09. The molecule has 5 heteroatoms.